The van der Waals surface area contributed by atoms with Crippen LogP contribution in [0.3, 0.4) is 0 Å². The Morgan fingerprint density at radius 1 is 1.28 bits per heavy atom. The predicted molar refractivity (Wildman–Crippen MR) is 71.8 cm³/mol. The van der Waals surface area contributed by atoms with Crippen LogP contribution in [0.2, 0.25) is 0 Å². The number of hydrogen-bond acceptors (Lipinski definition) is 2. The smallest absolute Gasteiger partial charge is 0.216 e. The van der Waals surface area contributed by atoms with Crippen LogP contribution in [0.25, 0.3) is 0 Å². The number of benzene rings is 1. The van der Waals surface area contributed by atoms with Gasteiger partial charge in [-0.05, 0) is 30.5 Å². The van der Waals surface area contributed by atoms with Gasteiger partial charge < -0.3 is 10.1 Å². The fourth-order valence-electron chi connectivity index (χ4n) is 2.86. The lowest BCUT2D eigenvalue weighted by Gasteiger charge is -2.30. The minimum absolute atomic E-state index is 0.0507. The van der Waals surface area contributed by atoms with Gasteiger partial charge in [0.15, 0.2) is 0 Å². The second kappa shape index (κ2) is 5.42. The van der Waals surface area contributed by atoms with Gasteiger partial charge in [-0.1, -0.05) is 25.0 Å². The van der Waals surface area contributed by atoms with Crippen LogP contribution in [0, 0.1) is 0 Å². The highest BCUT2D eigenvalue weighted by molar-refractivity contribution is 5.73. The van der Waals surface area contributed by atoms with E-state index in [0.29, 0.717) is 0 Å². The minimum Gasteiger partial charge on any atom is -0.497 e. The molecule has 0 aromatic heterocycles. The van der Waals surface area contributed by atoms with Gasteiger partial charge in [-0.25, -0.2) is 0 Å². The minimum atomic E-state index is 0.0507. The highest BCUT2D eigenvalue weighted by Gasteiger charge is 2.35. The van der Waals surface area contributed by atoms with E-state index in [1.54, 1.807) is 14.0 Å². The third-order valence-corrected chi connectivity index (χ3v) is 3.94. The van der Waals surface area contributed by atoms with Crippen LogP contribution < -0.4 is 10.1 Å². The van der Waals surface area contributed by atoms with E-state index in [9.17, 15) is 4.79 Å². The van der Waals surface area contributed by atoms with Crippen molar-refractivity contribution in [2.75, 3.05) is 13.7 Å². The normalized spacial score (nSPS) is 17.4. The summed E-state index contributed by atoms with van der Waals surface area (Å²) in [7, 11) is 1.68. The fraction of sp³-hybridized carbons (Fsp3) is 0.533. The zero-order valence-electron chi connectivity index (χ0n) is 11.2. The molecule has 2 rings (SSSR count). The van der Waals surface area contributed by atoms with Gasteiger partial charge in [-0.15, -0.1) is 0 Å². The van der Waals surface area contributed by atoms with Crippen molar-refractivity contribution in [3.05, 3.63) is 29.8 Å². The maximum Gasteiger partial charge on any atom is 0.216 e. The van der Waals surface area contributed by atoms with Crippen molar-refractivity contribution in [2.45, 2.75) is 38.0 Å². The van der Waals surface area contributed by atoms with Gasteiger partial charge in [0, 0.05) is 18.9 Å². The molecule has 18 heavy (non-hydrogen) atoms. The molecule has 1 amide bonds. The quantitative estimate of drug-likeness (QED) is 0.888. The Bertz CT molecular complexity index is 405. The largest absolute Gasteiger partial charge is 0.497 e. The van der Waals surface area contributed by atoms with E-state index in [1.165, 1.54) is 18.4 Å². The first-order valence-electron chi connectivity index (χ1n) is 6.55. The molecule has 0 aliphatic heterocycles. The average molecular weight is 247 g/mol. The Balaban J connectivity index is 2.19. The standard InChI is InChI=1S/C15H21NO2/c1-12(17)16-11-15(9-3-4-10-15)13-5-7-14(18-2)8-6-13/h5-8H,3-4,9-11H2,1-2H3,(H,16,17). The van der Waals surface area contributed by atoms with Crippen LogP contribution in [0.4, 0.5) is 0 Å². The number of hydrogen-bond donors (Lipinski definition) is 1. The topological polar surface area (TPSA) is 38.3 Å². The number of methoxy groups -OCH3 is 1. The first-order valence-corrected chi connectivity index (χ1v) is 6.55. The summed E-state index contributed by atoms with van der Waals surface area (Å²) in [5.41, 5.74) is 1.44. The molecule has 1 N–H and O–H groups in total. The van der Waals surface area contributed by atoms with E-state index in [0.717, 1.165) is 25.1 Å². The second-order valence-electron chi connectivity index (χ2n) is 5.13. The molecular formula is C15H21NO2. The SMILES string of the molecule is COc1ccc(C2(CNC(C)=O)CCCC2)cc1. The van der Waals surface area contributed by atoms with Crippen molar-refractivity contribution in [1.29, 1.82) is 0 Å². The van der Waals surface area contributed by atoms with Crippen LogP contribution in [-0.4, -0.2) is 19.6 Å². The molecule has 0 radical (unpaired) electrons. The van der Waals surface area contributed by atoms with Crippen LogP contribution in [-0.2, 0) is 10.2 Å². The molecule has 1 aliphatic rings. The van der Waals surface area contributed by atoms with Crippen molar-refractivity contribution in [1.82, 2.24) is 5.32 Å². The Hall–Kier alpha value is -1.51. The molecule has 0 bridgehead atoms. The summed E-state index contributed by atoms with van der Waals surface area (Å²) in [6.45, 7) is 2.32. The van der Waals surface area contributed by atoms with E-state index in [4.69, 9.17) is 4.74 Å². The van der Waals surface area contributed by atoms with Gasteiger partial charge in [-0.2, -0.15) is 0 Å². The van der Waals surface area contributed by atoms with E-state index < -0.39 is 0 Å². The molecule has 1 aliphatic carbocycles. The first-order chi connectivity index (χ1) is 8.66. The lowest BCUT2D eigenvalue weighted by atomic mass is 9.79. The number of amides is 1. The number of rotatable bonds is 4. The van der Waals surface area contributed by atoms with Gasteiger partial charge in [0.2, 0.25) is 5.91 Å². The molecule has 1 aromatic carbocycles. The fourth-order valence-corrected chi connectivity index (χ4v) is 2.86. The van der Waals surface area contributed by atoms with Crippen molar-refractivity contribution in [3.8, 4) is 5.75 Å². The number of carbonyl (C=O) groups is 1. The second-order valence-corrected chi connectivity index (χ2v) is 5.13. The third-order valence-electron chi connectivity index (χ3n) is 3.94. The van der Waals surface area contributed by atoms with E-state index in [2.05, 4.69) is 17.4 Å². The maximum atomic E-state index is 11.1. The van der Waals surface area contributed by atoms with Crippen LogP contribution in [0.1, 0.15) is 38.2 Å². The van der Waals surface area contributed by atoms with Crippen LogP contribution >= 0.6 is 0 Å². The molecule has 0 atom stereocenters. The molecule has 1 aromatic rings. The summed E-state index contributed by atoms with van der Waals surface area (Å²) < 4.78 is 5.19. The molecule has 0 spiro atoms. The van der Waals surface area contributed by atoms with Crippen LogP contribution in [0.15, 0.2) is 24.3 Å². The summed E-state index contributed by atoms with van der Waals surface area (Å²) in [5.74, 6) is 0.932. The Morgan fingerprint density at radius 3 is 2.39 bits per heavy atom. The molecule has 0 unspecified atom stereocenters. The van der Waals surface area contributed by atoms with Gasteiger partial charge in [-0.3, -0.25) is 4.79 Å². The van der Waals surface area contributed by atoms with Gasteiger partial charge in [0.25, 0.3) is 0 Å². The zero-order valence-corrected chi connectivity index (χ0v) is 11.2. The average Bonchev–Trinajstić information content (AvgIpc) is 2.86. The Labute approximate surface area is 109 Å². The molecule has 1 saturated carbocycles. The molecule has 98 valence electrons. The van der Waals surface area contributed by atoms with Gasteiger partial charge in [0.1, 0.15) is 5.75 Å². The zero-order chi connectivity index (χ0) is 13.0. The molecule has 3 heteroatoms. The van der Waals surface area contributed by atoms with E-state index in [1.807, 2.05) is 12.1 Å². The molecule has 0 saturated heterocycles. The lowest BCUT2D eigenvalue weighted by Crippen LogP contribution is -2.38. The monoisotopic (exact) mass is 247 g/mol. The predicted octanol–water partition coefficient (Wildman–Crippen LogP) is 2.64. The van der Waals surface area contributed by atoms with E-state index in [-0.39, 0.29) is 11.3 Å². The molecule has 3 nitrogen and oxygen atoms in total. The Morgan fingerprint density at radius 2 is 1.89 bits per heavy atom. The maximum absolute atomic E-state index is 11.1. The summed E-state index contributed by atoms with van der Waals surface area (Å²) in [4.78, 5) is 11.1. The molecule has 1 fully saturated rings. The van der Waals surface area contributed by atoms with Crippen molar-refractivity contribution >= 4 is 5.91 Å². The number of ether oxygens (including phenoxy) is 1. The lowest BCUT2D eigenvalue weighted by molar-refractivity contribution is -0.119. The summed E-state index contributed by atoms with van der Waals surface area (Å²) in [6, 6.07) is 8.27. The summed E-state index contributed by atoms with van der Waals surface area (Å²) >= 11 is 0. The van der Waals surface area contributed by atoms with Crippen molar-refractivity contribution < 1.29 is 9.53 Å². The molecule has 0 heterocycles. The highest BCUT2D eigenvalue weighted by atomic mass is 16.5. The Kier molecular flexibility index (Phi) is 3.90. The third kappa shape index (κ3) is 2.66. The first kappa shape index (κ1) is 12.9. The highest BCUT2D eigenvalue weighted by Crippen LogP contribution is 2.41. The van der Waals surface area contributed by atoms with Crippen molar-refractivity contribution in [2.24, 2.45) is 0 Å². The van der Waals surface area contributed by atoms with E-state index >= 15 is 0 Å². The van der Waals surface area contributed by atoms with Crippen LogP contribution in [0.5, 0.6) is 5.75 Å². The molecular weight excluding hydrogens is 226 g/mol. The van der Waals surface area contributed by atoms with Gasteiger partial charge in [0.05, 0.1) is 7.11 Å². The van der Waals surface area contributed by atoms with Gasteiger partial charge >= 0.3 is 0 Å². The number of nitrogens with one attached hydrogen (secondary N) is 1. The summed E-state index contributed by atoms with van der Waals surface area (Å²) in [5, 5.41) is 2.99. The number of carbonyl (C=O) groups excluding carboxylic acids is 1. The summed E-state index contributed by atoms with van der Waals surface area (Å²) in [6.07, 6.45) is 4.79. The van der Waals surface area contributed by atoms with Crippen molar-refractivity contribution in [3.63, 3.8) is 0 Å².